The number of benzene rings is 3. The summed E-state index contributed by atoms with van der Waals surface area (Å²) in [4.78, 5) is 0.0994. The molecule has 0 saturated heterocycles. The minimum absolute atomic E-state index is 0.0994. The smallest absolute Gasteiger partial charge is 0.339 e. The Balaban J connectivity index is 2.18. The zero-order chi connectivity index (χ0) is 17.5. The maximum atomic E-state index is 12.6. The molecule has 0 amide bonds. The van der Waals surface area contributed by atoms with Gasteiger partial charge in [0.15, 0.2) is 5.75 Å². The first-order valence-corrected chi connectivity index (χ1v) is 8.94. The topological polar surface area (TPSA) is 63.6 Å². The van der Waals surface area contributed by atoms with Gasteiger partial charge in [0.2, 0.25) is 0 Å². The molecule has 5 heteroatoms. The summed E-state index contributed by atoms with van der Waals surface area (Å²) in [6, 6.07) is 13.5. The predicted molar refractivity (Wildman–Crippen MR) is 94.1 cm³/mol. The second kappa shape index (κ2) is 5.83. The molecular formula is C19H18O4S. The van der Waals surface area contributed by atoms with Gasteiger partial charge in [0.25, 0.3) is 0 Å². The fourth-order valence-corrected chi connectivity index (χ4v) is 3.61. The van der Waals surface area contributed by atoms with E-state index in [9.17, 15) is 13.5 Å². The van der Waals surface area contributed by atoms with Gasteiger partial charge >= 0.3 is 10.1 Å². The van der Waals surface area contributed by atoms with E-state index in [-0.39, 0.29) is 16.4 Å². The number of hydrogen-bond acceptors (Lipinski definition) is 4. The molecule has 0 aliphatic rings. The summed E-state index contributed by atoms with van der Waals surface area (Å²) in [6.07, 6.45) is 0. The first kappa shape index (κ1) is 16.3. The van der Waals surface area contributed by atoms with Crippen LogP contribution in [0, 0.1) is 20.8 Å². The van der Waals surface area contributed by atoms with Crippen molar-refractivity contribution in [2.24, 2.45) is 0 Å². The lowest BCUT2D eigenvalue weighted by atomic mass is 10.00. The second-order valence-electron chi connectivity index (χ2n) is 5.82. The lowest BCUT2D eigenvalue weighted by Crippen LogP contribution is -2.11. The standard InChI is InChI=1S/C19H18O4S/c1-12-8-10-15(11-9-12)24(21,22)23-19-14(3)13(2)18(20)16-6-4-5-7-17(16)19/h4-11,20H,1-3H3. The quantitative estimate of drug-likeness (QED) is 0.723. The lowest BCUT2D eigenvalue weighted by molar-refractivity contribution is 0.470. The number of rotatable bonds is 3. The number of phenols is 1. The van der Waals surface area contributed by atoms with Crippen LogP contribution in [-0.2, 0) is 10.1 Å². The highest BCUT2D eigenvalue weighted by Crippen LogP contribution is 2.40. The van der Waals surface area contributed by atoms with Crippen LogP contribution in [0.2, 0.25) is 0 Å². The van der Waals surface area contributed by atoms with Crippen LogP contribution in [0.1, 0.15) is 16.7 Å². The first-order valence-electron chi connectivity index (χ1n) is 7.53. The lowest BCUT2D eigenvalue weighted by Gasteiger charge is -2.16. The first-order chi connectivity index (χ1) is 11.3. The molecule has 24 heavy (non-hydrogen) atoms. The number of phenolic OH excluding ortho intramolecular Hbond substituents is 1. The van der Waals surface area contributed by atoms with Crippen molar-refractivity contribution in [2.45, 2.75) is 25.7 Å². The van der Waals surface area contributed by atoms with E-state index in [0.717, 1.165) is 5.56 Å². The molecule has 0 atom stereocenters. The van der Waals surface area contributed by atoms with E-state index in [4.69, 9.17) is 4.18 Å². The Morgan fingerprint density at radius 2 is 1.42 bits per heavy atom. The van der Waals surface area contributed by atoms with Gasteiger partial charge in [0, 0.05) is 16.3 Å². The predicted octanol–water partition coefficient (Wildman–Crippen LogP) is 4.24. The van der Waals surface area contributed by atoms with Gasteiger partial charge in [-0.2, -0.15) is 8.42 Å². The van der Waals surface area contributed by atoms with Crippen LogP contribution in [-0.4, -0.2) is 13.5 Å². The summed E-state index contributed by atoms with van der Waals surface area (Å²) < 4.78 is 30.7. The minimum Gasteiger partial charge on any atom is -0.507 e. The molecule has 0 aromatic heterocycles. The molecular weight excluding hydrogens is 324 g/mol. The third-order valence-corrected chi connectivity index (χ3v) is 5.42. The molecule has 0 radical (unpaired) electrons. The molecule has 0 heterocycles. The SMILES string of the molecule is Cc1ccc(S(=O)(=O)Oc2c(C)c(C)c(O)c3ccccc23)cc1. The monoisotopic (exact) mass is 342 g/mol. The second-order valence-corrected chi connectivity index (χ2v) is 7.37. The van der Waals surface area contributed by atoms with Crippen molar-refractivity contribution in [1.82, 2.24) is 0 Å². The van der Waals surface area contributed by atoms with E-state index in [0.29, 0.717) is 21.9 Å². The summed E-state index contributed by atoms with van der Waals surface area (Å²) in [6.45, 7) is 5.36. The van der Waals surface area contributed by atoms with Crippen LogP contribution in [0.5, 0.6) is 11.5 Å². The van der Waals surface area contributed by atoms with Crippen molar-refractivity contribution < 1.29 is 17.7 Å². The number of aryl methyl sites for hydroxylation is 1. The Kier molecular flexibility index (Phi) is 3.97. The summed E-state index contributed by atoms with van der Waals surface area (Å²) in [5.41, 5.74) is 2.17. The fourth-order valence-electron chi connectivity index (χ4n) is 2.61. The van der Waals surface area contributed by atoms with E-state index in [1.54, 1.807) is 50.2 Å². The Bertz CT molecular complexity index is 1020. The molecule has 0 aliphatic carbocycles. The van der Waals surface area contributed by atoms with E-state index in [1.807, 2.05) is 6.92 Å². The molecule has 0 saturated carbocycles. The highest BCUT2D eigenvalue weighted by Gasteiger charge is 2.22. The molecule has 0 fully saturated rings. The van der Waals surface area contributed by atoms with Crippen LogP contribution in [0.25, 0.3) is 10.8 Å². The zero-order valence-electron chi connectivity index (χ0n) is 13.7. The molecule has 0 bridgehead atoms. The molecule has 0 unspecified atom stereocenters. The number of fused-ring (bicyclic) bond motifs is 1. The van der Waals surface area contributed by atoms with Crippen LogP contribution in [0.4, 0.5) is 0 Å². The van der Waals surface area contributed by atoms with Gasteiger partial charge in [0.05, 0.1) is 0 Å². The Hall–Kier alpha value is -2.53. The zero-order valence-corrected chi connectivity index (χ0v) is 14.5. The summed E-state index contributed by atoms with van der Waals surface area (Å²) in [5.74, 6) is 0.393. The minimum atomic E-state index is -3.96. The summed E-state index contributed by atoms with van der Waals surface area (Å²) in [5, 5.41) is 11.4. The molecule has 1 N–H and O–H groups in total. The van der Waals surface area contributed by atoms with Gasteiger partial charge in [0.1, 0.15) is 10.6 Å². The molecule has 4 nitrogen and oxygen atoms in total. The molecule has 3 aromatic rings. The van der Waals surface area contributed by atoms with Crippen molar-refractivity contribution in [3.8, 4) is 11.5 Å². The average Bonchev–Trinajstić information content (AvgIpc) is 2.57. The number of aromatic hydroxyl groups is 1. The van der Waals surface area contributed by atoms with Crippen molar-refractivity contribution in [1.29, 1.82) is 0 Å². The molecule has 0 spiro atoms. The Labute approximate surface area is 141 Å². The van der Waals surface area contributed by atoms with E-state index >= 15 is 0 Å². The fraction of sp³-hybridized carbons (Fsp3) is 0.158. The van der Waals surface area contributed by atoms with Gasteiger partial charge in [-0.25, -0.2) is 0 Å². The normalized spacial score (nSPS) is 11.6. The van der Waals surface area contributed by atoms with Crippen LogP contribution in [0.15, 0.2) is 53.4 Å². The highest BCUT2D eigenvalue weighted by molar-refractivity contribution is 7.87. The van der Waals surface area contributed by atoms with Crippen molar-refractivity contribution in [2.75, 3.05) is 0 Å². The van der Waals surface area contributed by atoms with E-state index < -0.39 is 10.1 Å². The molecule has 124 valence electrons. The molecule has 0 aliphatic heterocycles. The maximum Gasteiger partial charge on any atom is 0.339 e. The van der Waals surface area contributed by atoms with E-state index in [1.165, 1.54) is 12.1 Å². The van der Waals surface area contributed by atoms with Crippen molar-refractivity contribution in [3.63, 3.8) is 0 Å². The Morgan fingerprint density at radius 3 is 2.04 bits per heavy atom. The van der Waals surface area contributed by atoms with Gasteiger partial charge in [-0.05, 0) is 38.5 Å². The summed E-state index contributed by atoms with van der Waals surface area (Å²) in [7, 11) is -3.96. The third kappa shape index (κ3) is 2.71. The third-order valence-electron chi connectivity index (χ3n) is 4.19. The summed E-state index contributed by atoms with van der Waals surface area (Å²) >= 11 is 0. The Morgan fingerprint density at radius 1 is 0.833 bits per heavy atom. The van der Waals surface area contributed by atoms with Crippen LogP contribution < -0.4 is 4.18 Å². The van der Waals surface area contributed by atoms with E-state index in [2.05, 4.69) is 0 Å². The van der Waals surface area contributed by atoms with Gasteiger partial charge < -0.3 is 9.29 Å². The van der Waals surface area contributed by atoms with Crippen LogP contribution in [0.3, 0.4) is 0 Å². The average molecular weight is 342 g/mol. The molecule has 3 aromatic carbocycles. The van der Waals surface area contributed by atoms with Crippen LogP contribution >= 0.6 is 0 Å². The largest absolute Gasteiger partial charge is 0.507 e. The molecule has 3 rings (SSSR count). The van der Waals surface area contributed by atoms with Crippen molar-refractivity contribution in [3.05, 3.63) is 65.2 Å². The van der Waals surface area contributed by atoms with Gasteiger partial charge in [-0.15, -0.1) is 0 Å². The van der Waals surface area contributed by atoms with Gasteiger partial charge in [-0.1, -0.05) is 42.0 Å². The number of hydrogen-bond donors (Lipinski definition) is 1. The maximum absolute atomic E-state index is 12.6. The van der Waals surface area contributed by atoms with Gasteiger partial charge in [-0.3, -0.25) is 0 Å². The van der Waals surface area contributed by atoms with Crippen molar-refractivity contribution >= 4 is 20.9 Å². The highest BCUT2D eigenvalue weighted by atomic mass is 32.2.